The first-order valence-electron chi connectivity index (χ1n) is 12.1. The molecule has 5 rings (SSSR count). The van der Waals surface area contributed by atoms with E-state index in [0.717, 1.165) is 30.0 Å². The first-order chi connectivity index (χ1) is 18.3. The van der Waals surface area contributed by atoms with Crippen LogP contribution in [0.1, 0.15) is 48.3 Å². The van der Waals surface area contributed by atoms with E-state index in [4.69, 9.17) is 14.6 Å². The Bertz CT molecular complexity index is 1290. The van der Waals surface area contributed by atoms with Crippen molar-refractivity contribution in [3.05, 3.63) is 41.2 Å². The zero-order valence-corrected chi connectivity index (χ0v) is 21.2. The molecule has 210 valence electrons. The van der Waals surface area contributed by atoms with Crippen molar-refractivity contribution in [1.29, 1.82) is 0 Å². The fourth-order valence-electron chi connectivity index (χ4n) is 4.66. The Morgan fingerprint density at radius 3 is 2.44 bits per heavy atom. The largest absolute Gasteiger partial charge is 0.490 e. The molecule has 1 atom stereocenters. The Morgan fingerprint density at radius 1 is 1.15 bits per heavy atom. The summed E-state index contributed by atoms with van der Waals surface area (Å²) in [6.07, 6.45) is -2.57. The molecular weight excluding hydrogens is 525 g/mol. The van der Waals surface area contributed by atoms with Gasteiger partial charge < -0.3 is 14.7 Å². The summed E-state index contributed by atoms with van der Waals surface area (Å²) in [5, 5.41) is 18.2. The number of carboxylic acids is 1. The molecule has 0 bridgehead atoms. The van der Waals surface area contributed by atoms with Crippen LogP contribution in [0.2, 0.25) is 0 Å². The highest BCUT2D eigenvalue weighted by molar-refractivity contribution is 6.05. The maximum absolute atomic E-state index is 12.9. The molecule has 3 aliphatic rings. The second kappa shape index (κ2) is 10.7. The van der Waals surface area contributed by atoms with Gasteiger partial charge in [-0.1, -0.05) is 5.21 Å². The number of imide groups is 1. The maximum atomic E-state index is 12.9. The normalized spacial score (nSPS) is 20.3. The van der Waals surface area contributed by atoms with Gasteiger partial charge in [-0.05, 0) is 44.0 Å². The number of halogens is 3. The molecule has 1 aromatic carbocycles. The van der Waals surface area contributed by atoms with Gasteiger partial charge in [0.25, 0.3) is 5.91 Å². The number of carboxylic acid groups (broad SMARTS) is 1. The van der Waals surface area contributed by atoms with Crippen molar-refractivity contribution in [2.45, 2.75) is 51.0 Å². The number of carbonyl (C=O) groups is 4. The SMILES string of the molecule is CC(C)(c1cn(-c2ccc3c(c2)CN(C2CCC(=O)NC2=O)C3=O)nn1)N1CCOCC1.O=C(O)C(F)(F)F. The zero-order chi connectivity index (χ0) is 28.5. The van der Waals surface area contributed by atoms with Crippen LogP contribution in [0.5, 0.6) is 0 Å². The summed E-state index contributed by atoms with van der Waals surface area (Å²) >= 11 is 0. The zero-order valence-electron chi connectivity index (χ0n) is 21.2. The monoisotopic (exact) mass is 552 g/mol. The number of nitrogens with one attached hydrogen (secondary N) is 1. The minimum Gasteiger partial charge on any atom is -0.475 e. The van der Waals surface area contributed by atoms with Crippen LogP contribution in [0.3, 0.4) is 0 Å². The Labute approximate surface area is 220 Å². The summed E-state index contributed by atoms with van der Waals surface area (Å²) < 4.78 is 38.9. The van der Waals surface area contributed by atoms with Crippen LogP contribution < -0.4 is 5.32 Å². The highest BCUT2D eigenvalue weighted by atomic mass is 19.4. The molecule has 0 radical (unpaired) electrons. The highest BCUT2D eigenvalue weighted by Crippen LogP contribution is 2.30. The van der Waals surface area contributed by atoms with Crippen LogP contribution in [-0.2, 0) is 31.2 Å². The summed E-state index contributed by atoms with van der Waals surface area (Å²) in [7, 11) is 0. The van der Waals surface area contributed by atoms with Crippen molar-refractivity contribution < 1.29 is 42.2 Å². The molecule has 12 nitrogen and oxygen atoms in total. The van der Waals surface area contributed by atoms with E-state index in [1.807, 2.05) is 18.3 Å². The third-order valence-corrected chi connectivity index (χ3v) is 6.94. The van der Waals surface area contributed by atoms with E-state index in [0.29, 0.717) is 31.7 Å². The highest BCUT2D eigenvalue weighted by Gasteiger charge is 2.40. The van der Waals surface area contributed by atoms with Gasteiger partial charge >= 0.3 is 12.1 Å². The van der Waals surface area contributed by atoms with Gasteiger partial charge in [0.2, 0.25) is 11.8 Å². The smallest absolute Gasteiger partial charge is 0.475 e. The summed E-state index contributed by atoms with van der Waals surface area (Å²) in [6.45, 7) is 7.70. The van der Waals surface area contributed by atoms with Gasteiger partial charge in [0, 0.05) is 31.6 Å². The lowest BCUT2D eigenvalue weighted by Crippen LogP contribution is -2.52. The van der Waals surface area contributed by atoms with Crippen LogP contribution in [0.15, 0.2) is 24.4 Å². The molecule has 3 aliphatic heterocycles. The second-order valence-corrected chi connectivity index (χ2v) is 9.75. The number of nitrogens with zero attached hydrogens (tertiary/aromatic N) is 5. The van der Waals surface area contributed by atoms with Gasteiger partial charge in [-0.15, -0.1) is 5.10 Å². The minimum absolute atomic E-state index is 0.186. The van der Waals surface area contributed by atoms with E-state index < -0.39 is 24.1 Å². The number of hydrogen-bond acceptors (Lipinski definition) is 8. The summed E-state index contributed by atoms with van der Waals surface area (Å²) in [6, 6.07) is 4.90. The first-order valence-corrected chi connectivity index (χ1v) is 12.1. The second-order valence-electron chi connectivity index (χ2n) is 9.75. The number of fused-ring (bicyclic) bond motifs is 1. The van der Waals surface area contributed by atoms with E-state index in [9.17, 15) is 27.6 Å². The third-order valence-electron chi connectivity index (χ3n) is 6.94. The van der Waals surface area contributed by atoms with Crippen molar-refractivity contribution in [2.75, 3.05) is 26.3 Å². The number of benzene rings is 1. The number of carbonyl (C=O) groups excluding carboxylic acids is 3. The number of rotatable bonds is 4. The molecule has 1 aromatic heterocycles. The van der Waals surface area contributed by atoms with Crippen molar-refractivity contribution in [1.82, 2.24) is 30.1 Å². The van der Waals surface area contributed by atoms with Crippen LogP contribution >= 0.6 is 0 Å². The number of alkyl halides is 3. The lowest BCUT2D eigenvalue weighted by molar-refractivity contribution is -0.192. The van der Waals surface area contributed by atoms with Gasteiger partial charge in [-0.2, -0.15) is 13.2 Å². The average Bonchev–Trinajstić information content (AvgIpc) is 3.50. The molecule has 2 fully saturated rings. The molecule has 2 saturated heterocycles. The molecular formula is C24H27F3N6O6. The molecule has 4 heterocycles. The number of hydrogen-bond donors (Lipinski definition) is 2. The van der Waals surface area contributed by atoms with Gasteiger partial charge in [0.05, 0.1) is 30.6 Å². The summed E-state index contributed by atoms with van der Waals surface area (Å²) in [5.41, 5.74) is 2.80. The molecule has 2 aromatic rings. The molecule has 3 amide bonds. The number of aromatic nitrogens is 3. The third kappa shape index (κ3) is 5.93. The minimum atomic E-state index is -5.08. The molecule has 2 N–H and O–H groups in total. The standard InChI is InChI=1S/C22H26N6O4.C2HF3O2/c1-22(2,26-7-9-32-10-8-26)18-13-28(25-24-18)15-3-4-16-14(11-15)12-27(21(16)31)17-5-6-19(29)23-20(17)30;3-2(4,5)1(6)7/h3-4,11,13,17H,5-10,12H2,1-2H3,(H,23,29,30);(H,6,7). The predicted octanol–water partition coefficient (Wildman–Crippen LogP) is 1.23. The fourth-order valence-corrected chi connectivity index (χ4v) is 4.66. The van der Waals surface area contributed by atoms with Crippen LogP contribution in [0, 0.1) is 0 Å². The number of aliphatic carboxylic acids is 1. The van der Waals surface area contributed by atoms with E-state index in [2.05, 4.69) is 34.4 Å². The quantitative estimate of drug-likeness (QED) is 0.535. The van der Waals surface area contributed by atoms with Crippen molar-refractivity contribution in [3.8, 4) is 5.69 Å². The number of amides is 3. The maximum Gasteiger partial charge on any atom is 0.490 e. The Morgan fingerprint density at radius 2 is 1.82 bits per heavy atom. The molecule has 15 heteroatoms. The lowest BCUT2D eigenvalue weighted by Gasteiger charge is -2.39. The number of piperidine rings is 1. The Balaban J connectivity index is 0.000000448. The molecule has 0 spiro atoms. The molecule has 0 saturated carbocycles. The van der Waals surface area contributed by atoms with Gasteiger partial charge in [-0.25, -0.2) is 9.48 Å². The van der Waals surface area contributed by atoms with E-state index in [1.54, 1.807) is 15.6 Å². The van der Waals surface area contributed by atoms with E-state index in [-0.39, 0.29) is 23.8 Å². The van der Waals surface area contributed by atoms with Gasteiger partial charge in [0.1, 0.15) is 11.7 Å². The van der Waals surface area contributed by atoms with Crippen molar-refractivity contribution in [2.24, 2.45) is 0 Å². The van der Waals surface area contributed by atoms with Crippen molar-refractivity contribution in [3.63, 3.8) is 0 Å². The molecule has 39 heavy (non-hydrogen) atoms. The van der Waals surface area contributed by atoms with Gasteiger partial charge in [0.15, 0.2) is 0 Å². The fraction of sp³-hybridized carbons (Fsp3) is 0.500. The van der Waals surface area contributed by atoms with Crippen LogP contribution in [0.4, 0.5) is 13.2 Å². The first kappa shape index (κ1) is 28.2. The van der Waals surface area contributed by atoms with Crippen LogP contribution in [0.25, 0.3) is 5.69 Å². The molecule has 1 unspecified atom stereocenters. The van der Waals surface area contributed by atoms with E-state index in [1.165, 1.54) is 0 Å². The van der Waals surface area contributed by atoms with Gasteiger partial charge in [-0.3, -0.25) is 24.6 Å². The number of morpholine rings is 1. The molecule has 0 aliphatic carbocycles. The summed E-state index contributed by atoms with van der Waals surface area (Å²) in [4.78, 5) is 49.4. The predicted molar refractivity (Wildman–Crippen MR) is 127 cm³/mol. The topological polar surface area (TPSA) is 147 Å². The average molecular weight is 553 g/mol. The Kier molecular flexibility index (Phi) is 7.75. The van der Waals surface area contributed by atoms with E-state index >= 15 is 0 Å². The Hall–Kier alpha value is -3.85. The van der Waals surface area contributed by atoms with Crippen LogP contribution in [-0.4, -0.2) is 92.1 Å². The van der Waals surface area contributed by atoms with Crippen molar-refractivity contribution >= 4 is 23.7 Å². The summed E-state index contributed by atoms with van der Waals surface area (Å²) in [5.74, 6) is -3.64. The number of ether oxygens (including phenoxy) is 1. The lowest BCUT2D eigenvalue weighted by atomic mass is 9.98.